The van der Waals surface area contributed by atoms with Gasteiger partial charge in [-0.3, -0.25) is 9.59 Å². The van der Waals surface area contributed by atoms with Crippen LogP contribution in [0.5, 0.6) is 0 Å². The molecule has 4 heteroatoms. The average molecular weight is 355 g/mol. The van der Waals surface area contributed by atoms with Crippen molar-refractivity contribution in [2.24, 2.45) is 5.92 Å². The number of hydrogen-bond donors (Lipinski definition) is 2. The summed E-state index contributed by atoms with van der Waals surface area (Å²) in [5.41, 5.74) is 0. The highest BCUT2D eigenvalue weighted by Crippen LogP contribution is 2.11. The first-order valence-electron chi connectivity index (χ1n) is 10.6. The molecule has 148 valence electrons. The third-order valence-corrected chi connectivity index (χ3v) is 4.60. The molecule has 25 heavy (non-hydrogen) atoms. The molecular formula is C21H42N2O2. The molecule has 0 aromatic rings. The van der Waals surface area contributed by atoms with Crippen LogP contribution in [0.25, 0.3) is 0 Å². The molecule has 0 saturated heterocycles. The minimum atomic E-state index is -0.414. The Balaban J connectivity index is 3.83. The van der Waals surface area contributed by atoms with Crippen LogP contribution in [0.15, 0.2) is 0 Å². The molecule has 0 heterocycles. The largest absolute Gasteiger partial charge is 0.354 e. The third kappa shape index (κ3) is 13.9. The van der Waals surface area contributed by atoms with Crippen LogP contribution >= 0.6 is 0 Å². The molecule has 0 aliphatic carbocycles. The van der Waals surface area contributed by atoms with Crippen LogP contribution in [0.2, 0.25) is 0 Å². The highest BCUT2D eigenvalue weighted by atomic mass is 16.2. The molecule has 0 rings (SSSR count). The van der Waals surface area contributed by atoms with Crippen LogP contribution in [0.3, 0.4) is 0 Å². The monoisotopic (exact) mass is 354 g/mol. The summed E-state index contributed by atoms with van der Waals surface area (Å²) in [6.07, 6.45) is 13.7. The zero-order valence-corrected chi connectivity index (χ0v) is 17.2. The lowest BCUT2D eigenvalue weighted by atomic mass is 10.0. The van der Waals surface area contributed by atoms with Gasteiger partial charge in [0.1, 0.15) is 6.04 Å². The fourth-order valence-electron chi connectivity index (χ4n) is 2.88. The fraction of sp³-hybridized carbons (Fsp3) is 0.905. The summed E-state index contributed by atoms with van der Waals surface area (Å²) in [6.45, 7) is 8.97. The second-order valence-electron chi connectivity index (χ2n) is 7.51. The second-order valence-corrected chi connectivity index (χ2v) is 7.51. The zero-order chi connectivity index (χ0) is 18.9. The molecule has 0 aromatic heterocycles. The van der Waals surface area contributed by atoms with E-state index < -0.39 is 6.04 Å². The number of carbonyl (C=O) groups is 2. The highest BCUT2D eigenvalue weighted by Gasteiger charge is 2.23. The van der Waals surface area contributed by atoms with E-state index in [1.54, 1.807) is 0 Å². The Labute approximate surface area is 155 Å². The van der Waals surface area contributed by atoms with Gasteiger partial charge in [0.05, 0.1) is 0 Å². The molecule has 0 aromatic carbocycles. The van der Waals surface area contributed by atoms with Gasteiger partial charge in [-0.2, -0.15) is 0 Å². The molecule has 2 N–H and O–H groups in total. The summed E-state index contributed by atoms with van der Waals surface area (Å²) < 4.78 is 0. The summed E-state index contributed by atoms with van der Waals surface area (Å²) in [5.74, 6) is 0.0601. The molecular weight excluding hydrogens is 312 g/mol. The maximum absolute atomic E-state index is 12.2. The standard InChI is InChI=1S/C21H42N2O2/c1-5-7-9-10-11-12-13-14-15-16-19(24)23-20(18(3)4)21(25)22-17-8-6-2/h18,20H,5-17H2,1-4H3,(H,22,25)(H,23,24). The first kappa shape index (κ1) is 23.9. The van der Waals surface area contributed by atoms with Crippen LogP contribution in [0.4, 0.5) is 0 Å². The van der Waals surface area contributed by atoms with Gasteiger partial charge in [0.25, 0.3) is 0 Å². The Morgan fingerprint density at radius 1 is 0.760 bits per heavy atom. The zero-order valence-electron chi connectivity index (χ0n) is 17.2. The lowest BCUT2D eigenvalue weighted by Gasteiger charge is -2.21. The summed E-state index contributed by atoms with van der Waals surface area (Å²) >= 11 is 0. The Bertz CT molecular complexity index is 343. The summed E-state index contributed by atoms with van der Waals surface area (Å²) in [5, 5.41) is 5.84. The molecule has 0 bridgehead atoms. The fourth-order valence-corrected chi connectivity index (χ4v) is 2.88. The molecule has 0 aliphatic rings. The van der Waals surface area contributed by atoms with E-state index in [0.717, 1.165) is 25.7 Å². The quantitative estimate of drug-likeness (QED) is 0.385. The van der Waals surface area contributed by atoms with Crippen molar-refractivity contribution in [3.8, 4) is 0 Å². The molecule has 1 unspecified atom stereocenters. The van der Waals surface area contributed by atoms with Gasteiger partial charge in [0.2, 0.25) is 11.8 Å². The van der Waals surface area contributed by atoms with E-state index in [2.05, 4.69) is 24.5 Å². The van der Waals surface area contributed by atoms with Gasteiger partial charge < -0.3 is 10.6 Å². The van der Waals surface area contributed by atoms with Crippen LogP contribution in [0, 0.1) is 5.92 Å². The predicted molar refractivity (Wildman–Crippen MR) is 107 cm³/mol. The van der Waals surface area contributed by atoms with Crippen molar-refractivity contribution in [1.82, 2.24) is 10.6 Å². The Kier molecular flexibility index (Phi) is 15.7. The molecule has 0 radical (unpaired) electrons. The molecule has 4 nitrogen and oxygen atoms in total. The molecule has 1 atom stereocenters. The molecule has 0 fully saturated rings. The Hall–Kier alpha value is -1.06. The van der Waals surface area contributed by atoms with Crippen LogP contribution in [0.1, 0.15) is 105 Å². The smallest absolute Gasteiger partial charge is 0.242 e. The number of rotatable bonds is 16. The Morgan fingerprint density at radius 3 is 1.80 bits per heavy atom. The van der Waals surface area contributed by atoms with Gasteiger partial charge in [-0.05, 0) is 18.8 Å². The van der Waals surface area contributed by atoms with E-state index in [1.165, 1.54) is 44.9 Å². The SMILES string of the molecule is CCCCCCCCCCCC(=O)NC(C(=O)NCCCC)C(C)C. The summed E-state index contributed by atoms with van der Waals surface area (Å²) in [4.78, 5) is 24.3. The van der Waals surface area contributed by atoms with Gasteiger partial charge >= 0.3 is 0 Å². The van der Waals surface area contributed by atoms with E-state index >= 15 is 0 Å². The normalized spacial score (nSPS) is 12.2. The van der Waals surface area contributed by atoms with Crippen molar-refractivity contribution in [3.63, 3.8) is 0 Å². The molecule has 2 amide bonds. The number of hydrogen-bond acceptors (Lipinski definition) is 2. The number of unbranched alkanes of at least 4 members (excludes halogenated alkanes) is 9. The lowest BCUT2D eigenvalue weighted by Crippen LogP contribution is -2.49. The predicted octanol–water partition coefficient (Wildman–Crippen LogP) is 4.96. The van der Waals surface area contributed by atoms with Gasteiger partial charge in [0, 0.05) is 13.0 Å². The summed E-state index contributed by atoms with van der Waals surface area (Å²) in [6, 6.07) is -0.414. The van der Waals surface area contributed by atoms with Crippen molar-refractivity contribution in [2.45, 2.75) is 111 Å². The van der Waals surface area contributed by atoms with Crippen molar-refractivity contribution >= 4 is 11.8 Å². The third-order valence-electron chi connectivity index (χ3n) is 4.60. The molecule has 0 saturated carbocycles. The van der Waals surface area contributed by atoms with E-state index in [0.29, 0.717) is 13.0 Å². The van der Waals surface area contributed by atoms with E-state index in [9.17, 15) is 9.59 Å². The first-order valence-corrected chi connectivity index (χ1v) is 10.6. The van der Waals surface area contributed by atoms with Crippen LogP contribution in [-0.2, 0) is 9.59 Å². The first-order chi connectivity index (χ1) is 12.0. The minimum absolute atomic E-state index is 0.00675. The van der Waals surface area contributed by atoms with Crippen molar-refractivity contribution in [3.05, 3.63) is 0 Å². The van der Waals surface area contributed by atoms with Gasteiger partial charge in [-0.15, -0.1) is 0 Å². The van der Waals surface area contributed by atoms with E-state index in [-0.39, 0.29) is 17.7 Å². The average Bonchev–Trinajstić information content (AvgIpc) is 2.58. The Morgan fingerprint density at radius 2 is 1.28 bits per heavy atom. The van der Waals surface area contributed by atoms with Crippen molar-refractivity contribution in [1.29, 1.82) is 0 Å². The number of amides is 2. The highest BCUT2D eigenvalue weighted by molar-refractivity contribution is 5.87. The lowest BCUT2D eigenvalue weighted by molar-refractivity contribution is -0.130. The topological polar surface area (TPSA) is 58.2 Å². The van der Waals surface area contributed by atoms with Crippen molar-refractivity contribution < 1.29 is 9.59 Å². The maximum Gasteiger partial charge on any atom is 0.242 e. The number of carbonyl (C=O) groups excluding carboxylic acids is 2. The van der Waals surface area contributed by atoms with Gasteiger partial charge in [-0.25, -0.2) is 0 Å². The van der Waals surface area contributed by atoms with E-state index in [1.807, 2.05) is 13.8 Å². The van der Waals surface area contributed by atoms with E-state index in [4.69, 9.17) is 0 Å². The minimum Gasteiger partial charge on any atom is -0.354 e. The van der Waals surface area contributed by atoms with Gasteiger partial charge in [-0.1, -0.05) is 85.5 Å². The van der Waals surface area contributed by atoms with Crippen LogP contribution in [-0.4, -0.2) is 24.4 Å². The van der Waals surface area contributed by atoms with Crippen LogP contribution < -0.4 is 10.6 Å². The molecule has 0 aliphatic heterocycles. The summed E-state index contributed by atoms with van der Waals surface area (Å²) in [7, 11) is 0. The molecule has 0 spiro atoms. The maximum atomic E-state index is 12.2. The van der Waals surface area contributed by atoms with Crippen molar-refractivity contribution in [2.75, 3.05) is 6.54 Å². The second kappa shape index (κ2) is 16.4. The van der Waals surface area contributed by atoms with Gasteiger partial charge in [0.15, 0.2) is 0 Å². The number of nitrogens with one attached hydrogen (secondary N) is 2.